The summed E-state index contributed by atoms with van der Waals surface area (Å²) in [6.45, 7) is 5.14. The van der Waals surface area contributed by atoms with Crippen LogP contribution in [0.2, 0.25) is 0 Å². The Hall–Kier alpha value is -3.90. The van der Waals surface area contributed by atoms with E-state index < -0.39 is 41.0 Å². The van der Waals surface area contributed by atoms with E-state index in [-0.39, 0.29) is 30.0 Å². The van der Waals surface area contributed by atoms with Gasteiger partial charge < -0.3 is 9.80 Å². The molecule has 3 saturated heterocycles. The second kappa shape index (κ2) is 14.5. The maximum absolute atomic E-state index is 13.8. The van der Waals surface area contributed by atoms with E-state index >= 15 is 0 Å². The SMILES string of the molecule is O=C(c1cc(C(F)(F)F)cc(C(F)(F)F)c1)N1CCC(N2CCN(C3CCN(C(=O)C4(c5ccccc5)CC4)CC3)CC2)CC1Cc1ccccc1. The van der Waals surface area contributed by atoms with E-state index in [4.69, 9.17) is 0 Å². The number of hydrogen-bond donors (Lipinski definition) is 0. The van der Waals surface area contributed by atoms with Crippen molar-refractivity contribution in [1.82, 2.24) is 19.6 Å². The topological polar surface area (TPSA) is 47.1 Å². The molecule has 2 atom stereocenters. The predicted octanol–water partition coefficient (Wildman–Crippen LogP) is 7.28. The molecule has 3 aromatic carbocycles. The lowest BCUT2D eigenvalue weighted by Gasteiger charge is -2.48. The summed E-state index contributed by atoms with van der Waals surface area (Å²) < 4.78 is 81.9. The third-order valence-corrected chi connectivity index (χ3v) is 11.7. The normalized spacial score (nSPS) is 23.4. The molecule has 4 fully saturated rings. The molecule has 6 nitrogen and oxygen atoms in total. The van der Waals surface area contributed by atoms with Gasteiger partial charge in [0.25, 0.3) is 5.91 Å². The number of carbonyl (C=O) groups excluding carboxylic acids is 2. The van der Waals surface area contributed by atoms with Crippen LogP contribution in [0, 0.1) is 0 Å². The van der Waals surface area contributed by atoms with Crippen molar-refractivity contribution in [1.29, 1.82) is 0 Å². The van der Waals surface area contributed by atoms with E-state index in [1.807, 2.05) is 48.5 Å². The molecule has 7 rings (SSSR count). The first-order valence-corrected chi connectivity index (χ1v) is 18.3. The molecule has 0 N–H and O–H groups in total. The number of piperazine rings is 1. The first-order valence-electron chi connectivity index (χ1n) is 18.3. The lowest BCUT2D eigenvalue weighted by molar-refractivity contribution is -0.143. The van der Waals surface area contributed by atoms with E-state index in [2.05, 4.69) is 26.8 Å². The van der Waals surface area contributed by atoms with Crippen molar-refractivity contribution in [2.45, 2.75) is 80.8 Å². The summed E-state index contributed by atoms with van der Waals surface area (Å²) in [4.78, 5) is 35.9. The predicted molar refractivity (Wildman–Crippen MR) is 185 cm³/mol. The van der Waals surface area contributed by atoms with Gasteiger partial charge in [-0.3, -0.25) is 19.4 Å². The Morgan fingerprint density at radius 1 is 0.654 bits per heavy atom. The minimum absolute atomic E-state index is 0.0578. The van der Waals surface area contributed by atoms with Crippen molar-refractivity contribution in [3.05, 3.63) is 107 Å². The Labute approximate surface area is 300 Å². The Kier molecular flexibility index (Phi) is 10.2. The van der Waals surface area contributed by atoms with E-state index in [0.29, 0.717) is 37.4 Å². The van der Waals surface area contributed by atoms with Gasteiger partial charge in [-0.2, -0.15) is 26.3 Å². The highest BCUT2D eigenvalue weighted by Crippen LogP contribution is 2.50. The summed E-state index contributed by atoms with van der Waals surface area (Å²) in [6.07, 6.45) is -4.82. The number of halogens is 6. The number of nitrogens with zero attached hydrogens (tertiary/aromatic N) is 4. The van der Waals surface area contributed by atoms with Gasteiger partial charge in [-0.05, 0) is 74.3 Å². The van der Waals surface area contributed by atoms with Crippen molar-refractivity contribution in [3.63, 3.8) is 0 Å². The van der Waals surface area contributed by atoms with Crippen LogP contribution in [0.15, 0.2) is 78.9 Å². The molecule has 0 aromatic heterocycles. The Morgan fingerprint density at radius 3 is 1.71 bits per heavy atom. The molecule has 2 amide bonds. The van der Waals surface area contributed by atoms with Crippen molar-refractivity contribution in [2.24, 2.45) is 0 Å². The maximum Gasteiger partial charge on any atom is 0.416 e. The lowest BCUT2D eigenvalue weighted by Crippen LogP contribution is -2.59. The molecule has 3 heterocycles. The summed E-state index contributed by atoms with van der Waals surface area (Å²) in [5.41, 5.74) is -1.88. The number of piperidine rings is 2. The van der Waals surface area contributed by atoms with E-state index in [1.165, 1.54) is 4.90 Å². The number of benzene rings is 3. The van der Waals surface area contributed by atoms with Gasteiger partial charge in [0, 0.05) is 69.5 Å². The van der Waals surface area contributed by atoms with Crippen molar-refractivity contribution < 1.29 is 35.9 Å². The van der Waals surface area contributed by atoms with Crippen molar-refractivity contribution in [2.75, 3.05) is 45.8 Å². The molecular formula is C40H44F6N4O2. The summed E-state index contributed by atoms with van der Waals surface area (Å²) in [5, 5.41) is 0. The third-order valence-electron chi connectivity index (χ3n) is 11.7. The summed E-state index contributed by atoms with van der Waals surface area (Å²) in [5.74, 6) is -0.562. The number of hydrogen-bond acceptors (Lipinski definition) is 4. The molecule has 52 heavy (non-hydrogen) atoms. The maximum atomic E-state index is 13.8. The second-order valence-corrected chi connectivity index (χ2v) is 14.9. The molecule has 3 aliphatic heterocycles. The fourth-order valence-corrected chi connectivity index (χ4v) is 8.67. The molecule has 0 spiro atoms. The summed E-state index contributed by atoms with van der Waals surface area (Å²) in [7, 11) is 0. The Balaban J connectivity index is 0.984. The molecule has 278 valence electrons. The molecular weight excluding hydrogens is 682 g/mol. The standard InChI is InChI=1S/C40H44F6N4O2/c41-39(42,43)31-24-29(25-32(26-31)40(44,45)46)36(51)50-18-13-34(27-35(50)23-28-7-3-1-4-8-28)48-21-19-47(20-22-48)33-11-16-49(17-12-33)37(52)38(14-15-38)30-9-5-2-6-10-30/h1-10,24-26,33-35H,11-23,27H2. The van der Waals surface area contributed by atoms with Crippen molar-refractivity contribution >= 4 is 11.8 Å². The van der Waals surface area contributed by atoms with E-state index in [1.54, 1.807) is 0 Å². The fourth-order valence-electron chi connectivity index (χ4n) is 8.67. The minimum Gasteiger partial charge on any atom is -0.342 e. The van der Waals surface area contributed by atoms with Crippen LogP contribution < -0.4 is 0 Å². The van der Waals surface area contributed by atoms with Crippen LogP contribution in [0.25, 0.3) is 0 Å². The Bertz CT molecular complexity index is 1680. The van der Waals surface area contributed by atoms with Gasteiger partial charge in [-0.25, -0.2) is 0 Å². The number of amides is 2. The van der Waals surface area contributed by atoms with Gasteiger partial charge in [-0.1, -0.05) is 60.7 Å². The highest BCUT2D eigenvalue weighted by atomic mass is 19.4. The zero-order valence-electron chi connectivity index (χ0n) is 29.0. The third kappa shape index (κ3) is 7.74. The average Bonchev–Trinajstić information content (AvgIpc) is 3.97. The number of rotatable bonds is 7. The monoisotopic (exact) mass is 726 g/mol. The minimum atomic E-state index is -5.04. The van der Waals surface area contributed by atoms with Gasteiger partial charge in [-0.15, -0.1) is 0 Å². The highest BCUT2D eigenvalue weighted by Gasteiger charge is 2.53. The number of carbonyl (C=O) groups is 2. The largest absolute Gasteiger partial charge is 0.416 e. The molecule has 12 heteroatoms. The van der Waals surface area contributed by atoms with Crippen molar-refractivity contribution in [3.8, 4) is 0 Å². The lowest BCUT2D eigenvalue weighted by atomic mass is 9.89. The quantitative estimate of drug-likeness (QED) is 0.240. The van der Waals surface area contributed by atoms with Crippen LogP contribution in [0.3, 0.4) is 0 Å². The zero-order valence-corrected chi connectivity index (χ0v) is 29.0. The second-order valence-electron chi connectivity index (χ2n) is 14.9. The molecule has 0 radical (unpaired) electrons. The first kappa shape index (κ1) is 36.5. The molecule has 1 saturated carbocycles. The number of alkyl halides is 6. The summed E-state index contributed by atoms with van der Waals surface area (Å²) >= 11 is 0. The van der Waals surface area contributed by atoms with Gasteiger partial charge >= 0.3 is 12.4 Å². The van der Waals surface area contributed by atoms with Crippen LogP contribution in [-0.2, 0) is 29.0 Å². The smallest absolute Gasteiger partial charge is 0.342 e. The number of likely N-dealkylation sites (tertiary alicyclic amines) is 2. The van der Waals surface area contributed by atoms with Crippen LogP contribution >= 0.6 is 0 Å². The average molecular weight is 727 g/mol. The summed E-state index contributed by atoms with van der Waals surface area (Å²) in [6, 6.07) is 20.8. The van der Waals surface area contributed by atoms with Gasteiger partial charge in [0.2, 0.25) is 5.91 Å². The Morgan fingerprint density at radius 2 is 1.17 bits per heavy atom. The van der Waals surface area contributed by atoms with Gasteiger partial charge in [0.1, 0.15) is 0 Å². The van der Waals surface area contributed by atoms with Crippen LogP contribution in [-0.4, -0.2) is 95.4 Å². The van der Waals surface area contributed by atoms with E-state index in [0.717, 1.165) is 76.1 Å². The molecule has 1 aliphatic carbocycles. The van der Waals surface area contributed by atoms with Crippen LogP contribution in [0.1, 0.15) is 71.1 Å². The molecule has 0 bridgehead atoms. The van der Waals surface area contributed by atoms with Crippen LogP contribution in [0.5, 0.6) is 0 Å². The first-order chi connectivity index (χ1) is 24.8. The van der Waals surface area contributed by atoms with E-state index in [9.17, 15) is 35.9 Å². The molecule has 4 aliphatic rings. The molecule has 2 unspecified atom stereocenters. The fraction of sp³-hybridized carbons (Fsp3) is 0.500. The zero-order chi connectivity index (χ0) is 36.7. The molecule has 3 aromatic rings. The van der Waals surface area contributed by atoms with Gasteiger partial charge in [0.05, 0.1) is 16.5 Å². The van der Waals surface area contributed by atoms with Gasteiger partial charge in [0.15, 0.2) is 0 Å². The highest BCUT2D eigenvalue weighted by molar-refractivity contribution is 5.95. The van der Waals surface area contributed by atoms with Crippen LogP contribution in [0.4, 0.5) is 26.3 Å².